The lowest BCUT2D eigenvalue weighted by Gasteiger charge is -2.33. The van der Waals surface area contributed by atoms with Crippen LogP contribution in [-0.2, 0) is 0 Å². The second-order valence-electron chi connectivity index (χ2n) is 5.16. The van der Waals surface area contributed by atoms with Gasteiger partial charge in [-0.15, -0.1) is 0 Å². The van der Waals surface area contributed by atoms with E-state index in [1.54, 1.807) is 0 Å². The Morgan fingerprint density at radius 1 is 1.20 bits per heavy atom. The third kappa shape index (κ3) is 4.52. The van der Waals surface area contributed by atoms with Crippen molar-refractivity contribution in [2.75, 3.05) is 26.7 Å². The lowest BCUT2D eigenvalue weighted by atomic mass is 9.79. The van der Waals surface area contributed by atoms with Gasteiger partial charge in [0.25, 0.3) is 0 Å². The molecule has 2 N–H and O–H groups in total. The van der Waals surface area contributed by atoms with Crippen LogP contribution >= 0.6 is 0 Å². The molecule has 0 bridgehead atoms. The van der Waals surface area contributed by atoms with Crippen LogP contribution in [0, 0.1) is 11.8 Å². The first-order valence-electron chi connectivity index (χ1n) is 6.66. The second kappa shape index (κ2) is 7.24. The Labute approximate surface area is 95.2 Å². The van der Waals surface area contributed by atoms with Crippen molar-refractivity contribution in [3.63, 3.8) is 0 Å². The van der Waals surface area contributed by atoms with Crippen molar-refractivity contribution >= 4 is 0 Å². The van der Waals surface area contributed by atoms with Crippen molar-refractivity contribution in [3.05, 3.63) is 0 Å². The summed E-state index contributed by atoms with van der Waals surface area (Å²) in [4.78, 5) is 2.50. The maximum Gasteiger partial charge on any atom is 0.000973 e. The van der Waals surface area contributed by atoms with E-state index in [0.717, 1.165) is 18.4 Å². The first-order chi connectivity index (χ1) is 7.27. The predicted molar refractivity (Wildman–Crippen MR) is 66.9 cm³/mol. The van der Waals surface area contributed by atoms with Crippen LogP contribution in [0.1, 0.15) is 45.4 Å². The molecule has 0 amide bonds. The maximum atomic E-state index is 5.85. The van der Waals surface area contributed by atoms with E-state index in [-0.39, 0.29) is 0 Å². The number of nitrogens with zero attached hydrogens (tertiary/aromatic N) is 1. The van der Waals surface area contributed by atoms with Gasteiger partial charge >= 0.3 is 0 Å². The van der Waals surface area contributed by atoms with E-state index in [0.29, 0.717) is 0 Å². The Balaban J connectivity index is 2.27. The highest BCUT2D eigenvalue weighted by atomic mass is 15.1. The molecule has 90 valence electrons. The molecule has 0 aromatic carbocycles. The van der Waals surface area contributed by atoms with Crippen LogP contribution in [0.25, 0.3) is 0 Å². The zero-order chi connectivity index (χ0) is 11.1. The highest BCUT2D eigenvalue weighted by Crippen LogP contribution is 2.29. The van der Waals surface area contributed by atoms with Crippen LogP contribution in [0.15, 0.2) is 0 Å². The van der Waals surface area contributed by atoms with Crippen LogP contribution in [0.3, 0.4) is 0 Å². The number of hydrogen-bond acceptors (Lipinski definition) is 2. The van der Waals surface area contributed by atoms with Gasteiger partial charge in [0, 0.05) is 6.54 Å². The Bertz CT molecular complexity index is 159. The number of rotatable bonds is 6. The van der Waals surface area contributed by atoms with E-state index in [9.17, 15) is 0 Å². The molecule has 1 aliphatic rings. The van der Waals surface area contributed by atoms with Crippen molar-refractivity contribution < 1.29 is 0 Å². The molecule has 2 unspecified atom stereocenters. The Morgan fingerprint density at radius 2 is 1.87 bits per heavy atom. The molecule has 0 radical (unpaired) electrons. The molecule has 0 aromatic rings. The van der Waals surface area contributed by atoms with E-state index < -0.39 is 0 Å². The first-order valence-corrected chi connectivity index (χ1v) is 6.66. The largest absolute Gasteiger partial charge is 0.330 e. The van der Waals surface area contributed by atoms with Crippen LogP contribution in [0.4, 0.5) is 0 Å². The second-order valence-corrected chi connectivity index (χ2v) is 5.16. The fourth-order valence-corrected chi connectivity index (χ4v) is 2.75. The zero-order valence-electron chi connectivity index (χ0n) is 10.5. The topological polar surface area (TPSA) is 29.3 Å². The van der Waals surface area contributed by atoms with E-state index in [1.807, 2.05) is 0 Å². The molecule has 1 rings (SSSR count). The summed E-state index contributed by atoms with van der Waals surface area (Å²) in [5.41, 5.74) is 5.85. The molecule has 0 spiro atoms. The minimum atomic E-state index is 0.794. The fourth-order valence-electron chi connectivity index (χ4n) is 2.75. The van der Waals surface area contributed by atoms with Gasteiger partial charge in [0.15, 0.2) is 0 Å². The molecule has 2 atom stereocenters. The highest BCUT2D eigenvalue weighted by Gasteiger charge is 2.24. The fraction of sp³-hybridized carbons (Fsp3) is 1.00. The minimum Gasteiger partial charge on any atom is -0.330 e. The molecule has 2 heteroatoms. The van der Waals surface area contributed by atoms with Crippen molar-refractivity contribution in [1.29, 1.82) is 0 Å². The molecule has 0 saturated heterocycles. The summed E-state index contributed by atoms with van der Waals surface area (Å²) in [7, 11) is 2.26. The Morgan fingerprint density at radius 3 is 2.47 bits per heavy atom. The summed E-state index contributed by atoms with van der Waals surface area (Å²) < 4.78 is 0. The van der Waals surface area contributed by atoms with Gasteiger partial charge in [-0.3, -0.25) is 0 Å². The van der Waals surface area contributed by atoms with Crippen LogP contribution in [-0.4, -0.2) is 31.6 Å². The molecular formula is C13H28N2. The standard InChI is InChI=1S/C13H28N2/c1-3-4-9-15(2)11-13-8-6-5-7-12(13)10-14/h12-13H,3-11,14H2,1-2H3. The van der Waals surface area contributed by atoms with Crippen molar-refractivity contribution in [3.8, 4) is 0 Å². The van der Waals surface area contributed by atoms with Crippen molar-refractivity contribution in [2.24, 2.45) is 17.6 Å². The molecular weight excluding hydrogens is 184 g/mol. The van der Waals surface area contributed by atoms with Crippen LogP contribution in [0.5, 0.6) is 0 Å². The first kappa shape index (κ1) is 13.0. The van der Waals surface area contributed by atoms with Gasteiger partial charge in [-0.2, -0.15) is 0 Å². The van der Waals surface area contributed by atoms with Gasteiger partial charge in [-0.1, -0.05) is 26.2 Å². The average molecular weight is 212 g/mol. The predicted octanol–water partition coefficient (Wildman–Crippen LogP) is 2.48. The monoisotopic (exact) mass is 212 g/mol. The van der Waals surface area contributed by atoms with Crippen molar-refractivity contribution in [2.45, 2.75) is 45.4 Å². The molecule has 1 saturated carbocycles. The average Bonchev–Trinajstić information content (AvgIpc) is 2.27. The minimum absolute atomic E-state index is 0.794. The van der Waals surface area contributed by atoms with E-state index in [1.165, 1.54) is 51.6 Å². The van der Waals surface area contributed by atoms with Gasteiger partial charge in [-0.05, 0) is 51.2 Å². The highest BCUT2D eigenvalue weighted by molar-refractivity contribution is 4.78. The summed E-state index contributed by atoms with van der Waals surface area (Å²) in [5.74, 6) is 1.66. The van der Waals surface area contributed by atoms with Crippen LogP contribution < -0.4 is 5.73 Å². The number of hydrogen-bond donors (Lipinski definition) is 1. The van der Waals surface area contributed by atoms with Gasteiger partial charge in [0.1, 0.15) is 0 Å². The Hall–Kier alpha value is -0.0800. The van der Waals surface area contributed by atoms with E-state index in [2.05, 4.69) is 18.9 Å². The molecule has 1 fully saturated rings. The summed E-state index contributed by atoms with van der Waals surface area (Å²) in [6.45, 7) is 5.68. The third-order valence-electron chi connectivity index (χ3n) is 3.81. The smallest absolute Gasteiger partial charge is 0.000973 e. The SMILES string of the molecule is CCCCN(C)CC1CCCCC1CN. The summed E-state index contributed by atoms with van der Waals surface area (Å²) in [6.07, 6.45) is 8.22. The van der Waals surface area contributed by atoms with Gasteiger partial charge in [-0.25, -0.2) is 0 Å². The molecule has 15 heavy (non-hydrogen) atoms. The summed E-state index contributed by atoms with van der Waals surface area (Å²) in [5, 5.41) is 0. The quantitative estimate of drug-likeness (QED) is 0.733. The molecule has 0 aliphatic heterocycles. The van der Waals surface area contributed by atoms with Gasteiger partial charge in [0.2, 0.25) is 0 Å². The normalized spacial score (nSPS) is 27.2. The summed E-state index contributed by atoms with van der Waals surface area (Å²) in [6, 6.07) is 0. The Kier molecular flexibility index (Phi) is 6.26. The zero-order valence-corrected chi connectivity index (χ0v) is 10.5. The molecule has 0 aromatic heterocycles. The third-order valence-corrected chi connectivity index (χ3v) is 3.81. The molecule has 2 nitrogen and oxygen atoms in total. The number of unbranched alkanes of at least 4 members (excludes halogenated alkanes) is 1. The summed E-state index contributed by atoms with van der Waals surface area (Å²) >= 11 is 0. The van der Waals surface area contributed by atoms with Gasteiger partial charge in [0.05, 0.1) is 0 Å². The van der Waals surface area contributed by atoms with Crippen molar-refractivity contribution in [1.82, 2.24) is 4.90 Å². The van der Waals surface area contributed by atoms with Crippen LogP contribution in [0.2, 0.25) is 0 Å². The molecule has 1 aliphatic carbocycles. The van der Waals surface area contributed by atoms with E-state index >= 15 is 0 Å². The lowest BCUT2D eigenvalue weighted by molar-refractivity contribution is 0.173. The van der Waals surface area contributed by atoms with E-state index in [4.69, 9.17) is 5.73 Å². The number of nitrogens with two attached hydrogens (primary N) is 1. The maximum absolute atomic E-state index is 5.85. The molecule has 0 heterocycles. The van der Waals surface area contributed by atoms with Gasteiger partial charge < -0.3 is 10.6 Å². The lowest BCUT2D eigenvalue weighted by Crippen LogP contribution is -2.35.